The van der Waals surface area contributed by atoms with Crippen LogP contribution in [0.2, 0.25) is 0 Å². The first-order chi connectivity index (χ1) is 13.0. The minimum Gasteiger partial charge on any atom is -0.495 e. The van der Waals surface area contributed by atoms with Crippen molar-refractivity contribution in [1.29, 1.82) is 0 Å². The average Bonchev–Trinajstić information content (AvgIpc) is 3.28. The van der Waals surface area contributed by atoms with Gasteiger partial charge in [0, 0.05) is 11.8 Å². The standard InChI is InChI=1S/C25H34O2/c1-3-25(26)15-13-23-22-10-8-17-16-19(27-18-6-4-5-7-18)9-11-20(17)21(22)12-14-24(23,25)2/h1,8,16,18,20-23,26H,4-7,9-15H2,2H3. The normalized spacial score (nSPS) is 46.6. The van der Waals surface area contributed by atoms with E-state index in [1.807, 2.05) is 0 Å². The first-order valence-electron chi connectivity index (χ1n) is 11.3. The van der Waals surface area contributed by atoms with Gasteiger partial charge in [0.25, 0.3) is 0 Å². The lowest BCUT2D eigenvalue weighted by molar-refractivity contribution is -0.0805. The van der Waals surface area contributed by atoms with Gasteiger partial charge in [0.15, 0.2) is 0 Å². The van der Waals surface area contributed by atoms with Gasteiger partial charge in [-0.15, -0.1) is 6.42 Å². The van der Waals surface area contributed by atoms with Crippen molar-refractivity contribution < 1.29 is 9.84 Å². The van der Waals surface area contributed by atoms with Crippen LogP contribution < -0.4 is 0 Å². The van der Waals surface area contributed by atoms with Crippen molar-refractivity contribution in [3.05, 3.63) is 23.5 Å². The minimum absolute atomic E-state index is 0.0878. The van der Waals surface area contributed by atoms with Crippen molar-refractivity contribution in [2.75, 3.05) is 0 Å². The van der Waals surface area contributed by atoms with Crippen LogP contribution in [0, 0.1) is 41.4 Å². The van der Waals surface area contributed by atoms with E-state index >= 15 is 0 Å². The van der Waals surface area contributed by atoms with Gasteiger partial charge in [-0.1, -0.05) is 18.9 Å². The summed E-state index contributed by atoms with van der Waals surface area (Å²) in [6.07, 6.45) is 24.0. The maximum absolute atomic E-state index is 11.1. The quantitative estimate of drug-likeness (QED) is 0.665. The highest BCUT2D eigenvalue weighted by Gasteiger charge is 2.61. The van der Waals surface area contributed by atoms with Gasteiger partial charge >= 0.3 is 0 Å². The summed E-state index contributed by atoms with van der Waals surface area (Å²) in [5.74, 6) is 6.77. The maximum Gasteiger partial charge on any atom is 0.130 e. The Morgan fingerprint density at radius 1 is 1.11 bits per heavy atom. The molecule has 0 aliphatic heterocycles. The number of aliphatic hydroxyl groups is 1. The Labute approximate surface area is 164 Å². The number of hydrogen-bond acceptors (Lipinski definition) is 2. The lowest BCUT2D eigenvalue weighted by atomic mass is 9.51. The Bertz CT molecular complexity index is 706. The van der Waals surface area contributed by atoms with Crippen LogP contribution in [0.25, 0.3) is 0 Å². The van der Waals surface area contributed by atoms with Crippen molar-refractivity contribution in [2.24, 2.45) is 29.1 Å². The predicted octanol–water partition coefficient (Wildman–Crippen LogP) is 5.38. The lowest BCUT2D eigenvalue weighted by Crippen LogP contribution is -2.51. The molecule has 0 aromatic heterocycles. The fraction of sp³-hybridized carbons (Fsp3) is 0.760. The largest absolute Gasteiger partial charge is 0.495 e. The molecule has 3 saturated carbocycles. The molecule has 0 bridgehead atoms. The molecule has 27 heavy (non-hydrogen) atoms. The van der Waals surface area contributed by atoms with Crippen LogP contribution in [0.1, 0.15) is 77.6 Å². The Kier molecular flexibility index (Phi) is 4.24. The van der Waals surface area contributed by atoms with E-state index in [2.05, 4.69) is 25.0 Å². The highest BCUT2D eigenvalue weighted by Crippen LogP contribution is 2.64. The zero-order valence-electron chi connectivity index (χ0n) is 16.8. The molecule has 0 saturated heterocycles. The SMILES string of the molecule is C#CC1(O)CCC2C3CC=C4C=C(OC5CCCC5)CCC4C3CCC21C. The van der Waals surface area contributed by atoms with E-state index in [9.17, 15) is 5.11 Å². The average molecular weight is 367 g/mol. The summed E-state index contributed by atoms with van der Waals surface area (Å²) in [5, 5.41) is 11.1. The molecule has 6 unspecified atom stereocenters. The first-order valence-corrected chi connectivity index (χ1v) is 11.3. The van der Waals surface area contributed by atoms with Gasteiger partial charge < -0.3 is 9.84 Å². The van der Waals surface area contributed by atoms with Gasteiger partial charge in [0.1, 0.15) is 5.60 Å². The maximum atomic E-state index is 11.1. The van der Waals surface area contributed by atoms with Crippen molar-refractivity contribution >= 4 is 0 Å². The predicted molar refractivity (Wildman–Crippen MR) is 108 cm³/mol. The number of fused-ring (bicyclic) bond motifs is 5. The Balaban J connectivity index is 1.36. The zero-order chi connectivity index (χ0) is 18.6. The van der Waals surface area contributed by atoms with Crippen LogP contribution in [0.4, 0.5) is 0 Å². The smallest absolute Gasteiger partial charge is 0.130 e. The second kappa shape index (κ2) is 6.41. The molecular formula is C25H34O2. The molecule has 5 rings (SSSR count). The van der Waals surface area contributed by atoms with Gasteiger partial charge in [0.05, 0.1) is 11.9 Å². The minimum atomic E-state index is -0.888. The van der Waals surface area contributed by atoms with Crippen molar-refractivity contribution in [2.45, 2.75) is 89.3 Å². The third kappa shape index (κ3) is 2.65. The lowest BCUT2D eigenvalue weighted by Gasteiger charge is -2.53. The highest BCUT2D eigenvalue weighted by atomic mass is 16.5. The number of rotatable bonds is 2. The molecule has 0 radical (unpaired) electrons. The van der Waals surface area contributed by atoms with Gasteiger partial charge in [-0.3, -0.25) is 0 Å². The summed E-state index contributed by atoms with van der Waals surface area (Å²) < 4.78 is 6.33. The third-order valence-corrected chi connectivity index (χ3v) is 9.10. The van der Waals surface area contributed by atoms with E-state index in [0.29, 0.717) is 23.9 Å². The molecule has 5 aliphatic carbocycles. The van der Waals surface area contributed by atoms with Crippen molar-refractivity contribution in [1.82, 2.24) is 0 Å². The number of ether oxygens (including phenoxy) is 1. The molecule has 5 aliphatic rings. The second-order valence-electron chi connectivity index (χ2n) is 10.2. The molecular weight excluding hydrogens is 332 g/mol. The zero-order valence-corrected chi connectivity index (χ0v) is 16.8. The van der Waals surface area contributed by atoms with Gasteiger partial charge in [-0.25, -0.2) is 0 Å². The Hall–Kier alpha value is -1.20. The molecule has 2 heteroatoms. The van der Waals surface area contributed by atoms with Gasteiger partial charge in [-0.2, -0.15) is 0 Å². The van der Waals surface area contributed by atoms with Crippen molar-refractivity contribution in [3.8, 4) is 12.3 Å². The summed E-state index contributed by atoms with van der Waals surface area (Å²) in [7, 11) is 0. The van der Waals surface area contributed by atoms with E-state index in [0.717, 1.165) is 38.0 Å². The summed E-state index contributed by atoms with van der Waals surface area (Å²) in [4.78, 5) is 0. The molecule has 6 atom stereocenters. The topological polar surface area (TPSA) is 29.5 Å². The summed E-state index contributed by atoms with van der Waals surface area (Å²) in [6, 6.07) is 0. The molecule has 2 nitrogen and oxygen atoms in total. The summed E-state index contributed by atoms with van der Waals surface area (Å²) in [5.41, 5.74) is 0.570. The van der Waals surface area contributed by atoms with Crippen LogP contribution in [0.3, 0.4) is 0 Å². The number of hydrogen-bond donors (Lipinski definition) is 1. The van der Waals surface area contributed by atoms with Crippen LogP contribution in [-0.2, 0) is 4.74 Å². The highest BCUT2D eigenvalue weighted by molar-refractivity contribution is 5.32. The second-order valence-corrected chi connectivity index (χ2v) is 10.2. The van der Waals surface area contributed by atoms with E-state index in [1.54, 1.807) is 5.57 Å². The molecule has 3 fully saturated rings. The Morgan fingerprint density at radius 3 is 2.70 bits per heavy atom. The monoisotopic (exact) mass is 366 g/mol. The van der Waals surface area contributed by atoms with E-state index < -0.39 is 5.60 Å². The molecule has 0 spiro atoms. The molecule has 1 N–H and O–H groups in total. The summed E-state index contributed by atoms with van der Waals surface area (Å²) in [6.45, 7) is 2.27. The number of allylic oxidation sites excluding steroid dienone is 4. The van der Waals surface area contributed by atoms with Crippen LogP contribution in [0.15, 0.2) is 23.5 Å². The van der Waals surface area contributed by atoms with E-state index in [4.69, 9.17) is 11.2 Å². The first kappa shape index (κ1) is 17.9. The van der Waals surface area contributed by atoms with Crippen LogP contribution in [0.5, 0.6) is 0 Å². The number of terminal acetylenes is 1. The van der Waals surface area contributed by atoms with Gasteiger partial charge in [-0.05, 0) is 99.5 Å². The third-order valence-electron chi connectivity index (χ3n) is 9.10. The van der Waals surface area contributed by atoms with Crippen LogP contribution >= 0.6 is 0 Å². The van der Waals surface area contributed by atoms with E-state index in [1.165, 1.54) is 44.3 Å². The molecule has 146 valence electrons. The van der Waals surface area contributed by atoms with Crippen LogP contribution in [-0.4, -0.2) is 16.8 Å². The van der Waals surface area contributed by atoms with Crippen molar-refractivity contribution in [3.63, 3.8) is 0 Å². The van der Waals surface area contributed by atoms with Gasteiger partial charge in [0.2, 0.25) is 0 Å². The molecule has 0 aromatic rings. The molecule has 0 heterocycles. The fourth-order valence-corrected chi connectivity index (χ4v) is 7.50. The fourth-order valence-electron chi connectivity index (χ4n) is 7.50. The Morgan fingerprint density at radius 2 is 1.93 bits per heavy atom. The van der Waals surface area contributed by atoms with E-state index in [-0.39, 0.29) is 5.41 Å². The molecule has 0 aromatic carbocycles. The molecule has 0 amide bonds. The summed E-state index contributed by atoms with van der Waals surface area (Å²) >= 11 is 0.